The number of nitrogens with one attached hydrogen (secondary N) is 1. The van der Waals surface area contributed by atoms with Gasteiger partial charge in [-0.3, -0.25) is 4.90 Å². The van der Waals surface area contributed by atoms with E-state index in [1.807, 2.05) is 29.0 Å². The molecular formula is C29H28FN5O2. The molecule has 7 nitrogen and oxygen atoms in total. The third-order valence-electron chi connectivity index (χ3n) is 7.02. The summed E-state index contributed by atoms with van der Waals surface area (Å²) in [5, 5.41) is 19.9. The number of aliphatic hydroxyl groups excluding tert-OH is 2. The van der Waals surface area contributed by atoms with Crippen LogP contribution in [0, 0.1) is 5.82 Å². The fourth-order valence-electron chi connectivity index (χ4n) is 5.11. The average molecular weight is 498 g/mol. The number of hydrogen-bond donors (Lipinski definition) is 3. The second kappa shape index (κ2) is 9.89. The second-order valence-electron chi connectivity index (χ2n) is 9.59. The Hall–Kier alpha value is -3.85. The van der Waals surface area contributed by atoms with Crippen LogP contribution in [0.2, 0.25) is 0 Å². The van der Waals surface area contributed by atoms with E-state index in [1.165, 1.54) is 11.6 Å². The van der Waals surface area contributed by atoms with Crippen LogP contribution in [-0.4, -0.2) is 67.0 Å². The first-order chi connectivity index (χ1) is 18.1. The third kappa shape index (κ3) is 4.79. The molecule has 1 unspecified atom stereocenters. The Morgan fingerprint density at radius 3 is 2.81 bits per heavy atom. The van der Waals surface area contributed by atoms with Gasteiger partial charge in [-0.15, -0.1) is 0 Å². The number of benzene rings is 2. The summed E-state index contributed by atoms with van der Waals surface area (Å²) in [6.07, 6.45) is 5.94. The van der Waals surface area contributed by atoms with Gasteiger partial charge in [0.1, 0.15) is 11.5 Å². The number of aliphatic hydroxyl groups is 2. The highest BCUT2D eigenvalue weighted by Crippen LogP contribution is 2.33. The molecule has 5 aromatic rings. The Balaban J connectivity index is 1.31. The molecule has 8 heteroatoms. The molecule has 0 amide bonds. The quantitative estimate of drug-likeness (QED) is 0.313. The van der Waals surface area contributed by atoms with Crippen molar-refractivity contribution in [3.05, 3.63) is 90.3 Å². The summed E-state index contributed by atoms with van der Waals surface area (Å²) in [6, 6.07) is 17.1. The van der Waals surface area contributed by atoms with E-state index in [1.54, 1.807) is 18.5 Å². The molecule has 37 heavy (non-hydrogen) atoms. The summed E-state index contributed by atoms with van der Waals surface area (Å²) in [4.78, 5) is 14.7. The highest BCUT2D eigenvalue weighted by Gasteiger charge is 2.18. The highest BCUT2D eigenvalue weighted by molar-refractivity contribution is 5.97. The van der Waals surface area contributed by atoms with Gasteiger partial charge in [-0.25, -0.2) is 14.4 Å². The lowest BCUT2D eigenvalue weighted by Gasteiger charge is -2.27. The van der Waals surface area contributed by atoms with Crippen LogP contribution in [-0.2, 0) is 6.54 Å². The summed E-state index contributed by atoms with van der Waals surface area (Å²) >= 11 is 0. The summed E-state index contributed by atoms with van der Waals surface area (Å²) < 4.78 is 15.7. The van der Waals surface area contributed by atoms with E-state index in [-0.39, 0.29) is 12.4 Å². The first kappa shape index (κ1) is 23.5. The Kier molecular flexibility index (Phi) is 6.30. The molecule has 4 heterocycles. The van der Waals surface area contributed by atoms with Gasteiger partial charge in [0.15, 0.2) is 0 Å². The Bertz CT molecular complexity index is 1600. The van der Waals surface area contributed by atoms with E-state index in [9.17, 15) is 9.50 Å². The SMILES string of the molecule is OCC(O)CN1CC=C(c2cc3c(-c4ccc5ncn(Cc6cccc(F)c6)c5c4)ccnc3[nH]2)CC1. The number of aromatic nitrogens is 4. The van der Waals surface area contributed by atoms with Crippen LogP contribution in [0.5, 0.6) is 0 Å². The van der Waals surface area contributed by atoms with Crippen LogP contribution >= 0.6 is 0 Å². The van der Waals surface area contributed by atoms with Gasteiger partial charge in [-0.2, -0.15) is 0 Å². The molecular weight excluding hydrogens is 469 g/mol. The molecule has 0 saturated heterocycles. The molecule has 1 atom stereocenters. The van der Waals surface area contributed by atoms with E-state index in [4.69, 9.17) is 5.11 Å². The predicted octanol–water partition coefficient (Wildman–Crippen LogP) is 4.21. The summed E-state index contributed by atoms with van der Waals surface area (Å²) in [6.45, 7) is 2.34. The zero-order chi connectivity index (χ0) is 25.4. The van der Waals surface area contributed by atoms with Crippen LogP contribution in [0.3, 0.4) is 0 Å². The smallest absolute Gasteiger partial charge is 0.138 e. The number of halogens is 1. The van der Waals surface area contributed by atoms with Crippen molar-refractivity contribution in [2.24, 2.45) is 0 Å². The molecule has 0 spiro atoms. The number of rotatable bonds is 7. The maximum absolute atomic E-state index is 13.7. The van der Waals surface area contributed by atoms with Gasteiger partial charge >= 0.3 is 0 Å². The van der Waals surface area contributed by atoms with Crippen molar-refractivity contribution in [3.63, 3.8) is 0 Å². The zero-order valence-electron chi connectivity index (χ0n) is 20.3. The van der Waals surface area contributed by atoms with Gasteiger partial charge < -0.3 is 19.8 Å². The van der Waals surface area contributed by atoms with Gasteiger partial charge in [-0.05, 0) is 65.1 Å². The highest BCUT2D eigenvalue weighted by atomic mass is 19.1. The van der Waals surface area contributed by atoms with Crippen LogP contribution in [0.15, 0.2) is 73.2 Å². The Labute approximate surface area is 213 Å². The van der Waals surface area contributed by atoms with Crippen molar-refractivity contribution >= 4 is 27.6 Å². The Morgan fingerprint density at radius 1 is 1.08 bits per heavy atom. The third-order valence-corrected chi connectivity index (χ3v) is 7.02. The number of pyridine rings is 1. The standard InChI is InChI=1S/C29H28FN5O2/c30-22-3-1-2-19(12-22)15-35-18-32-26-5-4-21(13-28(26)35)24-6-9-31-29-25(24)14-27(33-29)20-7-10-34(11-8-20)16-23(37)17-36/h1-7,9,12-14,18,23,36-37H,8,10-11,15-17H2,(H,31,33). The minimum atomic E-state index is -0.711. The number of aromatic amines is 1. The fourth-order valence-corrected chi connectivity index (χ4v) is 5.11. The fraction of sp³-hybridized carbons (Fsp3) is 0.241. The predicted molar refractivity (Wildman–Crippen MR) is 142 cm³/mol. The first-order valence-electron chi connectivity index (χ1n) is 12.5. The van der Waals surface area contributed by atoms with Crippen molar-refractivity contribution in [1.29, 1.82) is 0 Å². The normalized spacial score (nSPS) is 15.4. The van der Waals surface area contributed by atoms with Crippen molar-refractivity contribution in [1.82, 2.24) is 24.4 Å². The zero-order valence-corrected chi connectivity index (χ0v) is 20.3. The number of imidazole rings is 1. The number of H-pyrrole nitrogens is 1. The minimum absolute atomic E-state index is 0.221. The van der Waals surface area contributed by atoms with Gasteiger partial charge in [0.25, 0.3) is 0 Å². The van der Waals surface area contributed by atoms with Crippen molar-refractivity contribution in [2.75, 3.05) is 26.2 Å². The molecule has 3 aromatic heterocycles. The van der Waals surface area contributed by atoms with E-state index in [0.29, 0.717) is 13.1 Å². The van der Waals surface area contributed by atoms with Crippen molar-refractivity contribution in [3.8, 4) is 11.1 Å². The summed E-state index contributed by atoms with van der Waals surface area (Å²) in [5.41, 5.74) is 8.02. The molecule has 1 aliphatic heterocycles. The molecule has 0 bridgehead atoms. The molecule has 2 aromatic carbocycles. The second-order valence-corrected chi connectivity index (χ2v) is 9.59. The first-order valence-corrected chi connectivity index (χ1v) is 12.5. The van der Waals surface area contributed by atoms with Crippen molar-refractivity contribution < 1.29 is 14.6 Å². The van der Waals surface area contributed by atoms with E-state index < -0.39 is 6.10 Å². The van der Waals surface area contributed by atoms with Gasteiger partial charge in [-0.1, -0.05) is 24.3 Å². The summed E-state index contributed by atoms with van der Waals surface area (Å²) in [7, 11) is 0. The van der Waals surface area contributed by atoms with Crippen molar-refractivity contribution in [2.45, 2.75) is 19.1 Å². The van der Waals surface area contributed by atoms with E-state index in [2.05, 4.69) is 44.1 Å². The monoisotopic (exact) mass is 497 g/mol. The lowest BCUT2D eigenvalue weighted by Crippen LogP contribution is -2.37. The Morgan fingerprint density at radius 2 is 2.00 bits per heavy atom. The van der Waals surface area contributed by atoms with Crippen LogP contribution in [0.25, 0.3) is 38.8 Å². The van der Waals surface area contributed by atoms with E-state index >= 15 is 0 Å². The molecule has 0 fully saturated rings. The lowest BCUT2D eigenvalue weighted by molar-refractivity contribution is 0.0623. The number of β-amino-alcohol motifs (C(OH)–C–C–N with tert-alkyl or cyclic N) is 1. The van der Waals surface area contributed by atoms with E-state index in [0.717, 1.165) is 64.0 Å². The topological polar surface area (TPSA) is 90.2 Å². The molecule has 0 saturated carbocycles. The largest absolute Gasteiger partial charge is 0.394 e. The molecule has 0 radical (unpaired) electrons. The number of nitrogens with zero attached hydrogens (tertiary/aromatic N) is 4. The average Bonchev–Trinajstić information content (AvgIpc) is 3.53. The molecule has 0 aliphatic carbocycles. The molecule has 3 N–H and O–H groups in total. The molecule has 188 valence electrons. The maximum Gasteiger partial charge on any atom is 0.138 e. The molecule has 1 aliphatic rings. The van der Waals surface area contributed by atoms with Gasteiger partial charge in [0.2, 0.25) is 0 Å². The van der Waals surface area contributed by atoms with Gasteiger partial charge in [0.05, 0.1) is 30.1 Å². The minimum Gasteiger partial charge on any atom is -0.394 e. The number of hydrogen-bond acceptors (Lipinski definition) is 5. The number of fused-ring (bicyclic) bond motifs is 2. The molecule has 6 rings (SSSR count). The summed E-state index contributed by atoms with van der Waals surface area (Å²) in [5.74, 6) is -0.242. The van der Waals surface area contributed by atoms with Crippen LogP contribution in [0.1, 0.15) is 17.7 Å². The van der Waals surface area contributed by atoms with Gasteiger partial charge in [0, 0.05) is 43.5 Å². The maximum atomic E-state index is 13.7. The van der Waals surface area contributed by atoms with Crippen LogP contribution < -0.4 is 0 Å². The lowest BCUT2D eigenvalue weighted by atomic mass is 10.0. The van der Waals surface area contributed by atoms with Crippen LogP contribution in [0.4, 0.5) is 4.39 Å².